The number of hydrogen-bond donors (Lipinski definition) is 1. The minimum absolute atomic E-state index is 0.306. The van der Waals surface area contributed by atoms with Crippen LogP contribution in [0.5, 0.6) is 0 Å². The summed E-state index contributed by atoms with van der Waals surface area (Å²) in [5, 5.41) is 3.93. The minimum atomic E-state index is -0.419. The van der Waals surface area contributed by atoms with Gasteiger partial charge in [-0.3, -0.25) is 4.79 Å². The second-order valence-corrected chi connectivity index (χ2v) is 4.84. The maximum Gasteiger partial charge on any atom is 0.255 e. The molecule has 0 aliphatic carbocycles. The molecule has 0 atom stereocenters. The number of halogens is 1. The zero-order valence-corrected chi connectivity index (χ0v) is 11.6. The SMILES string of the molecule is CCn1ccc2ccc(NC(=O)c3cccc(F)c3)cc21. The first-order valence-electron chi connectivity index (χ1n) is 6.83. The number of fused-ring (bicyclic) bond motifs is 1. The van der Waals surface area contributed by atoms with Crippen molar-refractivity contribution >= 4 is 22.5 Å². The molecule has 1 amide bonds. The summed E-state index contributed by atoms with van der Waals surface area (Å²) in [7, 11) is 0. The van der Waals surface area contributed by atoms with Crippen LogP contribution in [0.1, 0.15) is 17.3 Å². The number of anilines is 1. The maximum atomic E-state index is 13.1. The monoisotopic (exact) mass is 282 g/mol. The number of amides is 1. The van der Waals surface area contributed by atoms with Gasteiger partial charge in [0, 0.05) is 24.0 Å². The molecule has 4 heteroatoms. The third-order valence-corrected chi connectivity index (χ3v) is 3.46. The van der Waals surface area contributed by atoms with Gasteiger partial charge < -0.3 is 9.88 Å². The third kappa shape index (κ3) is 2.65. The molecule has 1 heterocycles. The Labute approximate surface area is 122 Å². The van der Waals surface area contributed by atoms with Crippen LogP contribution in [0.15, 0.2) is 54.7 Å². The summed E-state index contributed by atoms with van der Waals surface area (Å²) in [5.74, 6) is -0.735. The summed E-state index contributed by atoms with van der Waals surface area (Å²) in [6.07, 6.45) is 2.02. The number of aryl methyl sites for hydroxylation is 1. The Morgan fingerprint density at radius 2 is 2.05 bits per heavy atom. The van der Waals surface area contributed by atoms with Crippen molar-refractivity contribution in [3.05, 3.63) is 66.1 Å². The lowest BCUT2D eigenvalue weighted by Gasteiger charge is -2.07. The largest absolute Gasteiger partial charge is 0.348 e. The Morgan fingerprint density at radius 1 is 1.19 bits per heavy atom. The predicted molar refractivity (Wildman–Crippen MR) is 82.0 cm³/mol. The molecule has 0 aliphatic rings. The van der Waals surface area contributed by atoms with E-state index in [4.69, 9.17) is 0 Å². The van der Waals surface area contributed by atoms with E-state index in [1.807, 2.05) is 30.5 Å². The zero-order chi connectivity index (χ0) is 14.8. The summed E-state index contributed by atoms with van der Waals surface area (Å²) in [6, 6.07) is 13.4. The molecule has 0 spiro atoms. The van der Waals surface area contributed by atoms with Gasteiger partial charge in [0.25, 0.3) is 5.91 Å². The molecule has 3 aromatic rings. The van der Waals surface area contributed by atoms with Gasteiger partial charge in [-0.2, -0.15) is 0 Å². The lowest BCUT2D eigenvalue weighted by atomic mass is 10.2. The van der Waals surface area contributed by atoms with E-state index >= 15 is 0 Å². The van der Waals surface area contributed by atoms with E-state index in [-0.39, 0.29) is 5.91 Å². The number of nitrogens with one attached hydrogen (secondary N) is 1. The van der Waals surface area contributed by atoms with Gasteiger partial charge in [-0.15, -0.1) is 0 Å². The summed E-state index contributed by atoms with van der Waals surface area (Å²) < 4.78 is 15.3. The number of nitrogens with zero attached hydrogens (tertiary/aromatic N) is 1. The van der Waals surface area contributed by atoms with Gasteiger partial charge in [-0.1, -0.05) is 12.1 Å². The predicted octanol–water partition coefficient (Wildman–Crippen LogP) is 4.05. The Morgan fingerprint density at radius 3 is 2.81 bits per heavy atom. The molecule has 2 aromatic carbocycles. The van der Waals surface area contributed by atoms with Crippen molar-refractivity contribution < 1.29 is 9.18 Å². The minimum Gasteiger partial charge on any atom is -0.348 e. The van der Waals surface area contributed by atoms with Crippen molar-refractivity contribution in [1.29, 1.82) is 0 Å². The molecule has 0 saturated heterocycles. The normalized spacial score (nSPS) is 10.8. The number of hydrogen-bond acceptors (Lipinski definition) is 1. The molecule has 21 heavy (non-hydrogen) atoms. The molecule has 0 unspecified atom stereocenters. The van der Waals surface area contributed by atoms with Crippen LogP contribution in [-0.2, 0) is 6.54 Å². The topological polar surface area (TPSA) is 34.0 Å². The zero-order valence-electron chi connectivity index (χ0n) is 11.6. The van der Waals surface area contributed by atoms with Crippen LogP contribution in [-0.4, -0.2) is 10.5 Å². The first-order valence-corrected chi connectivity index (χ1v) is 6.83. The van der Waals surface area contributed by atoms with Gasteiger partial charge in [-0.25, -0.2) is 4.39 Å². The lowest BCUT2D eigenvalue weighted by molar-refractivity contribution is 0.102. The Hall–Kier alpha value is -2.62. The van der Waals surface area contributed by atoms with Crippen molar-refractivity contribution in [3.8, 4) is 0 Å². The van der Waals surface area contributed by atoms with E-state index in [0.717, 1.165) is 17.4 Å². The highest BCUT2D eigenvalue weighted by molar-refractivity contribution is 6.05. The van der Waals surface area contributed by atoms with Crippen LogP contribution < -0.4 is 5.32 Å². The number of carbonyl (C=O) groups is 1. The average molecular weight is 282 g/mol. The second-order valence-electron chi connectivity index (χ2n) is 4.84. The molecule has 3 nitrogen and oxygen atoms in total. The van der Waals surface area contributed by atoms with Crippen molar-refractivity contribution in [3.63, 3.8) is 0 Å². The summed E-state index contributed by atoms with van der Waals surface area (Å²) in [6.45, 7) is 2.93. The first kappa shape index (κ1) is 13.4. The number of carbonyl (C=O) groups excluding carboxylic acids is 1. The van der Waals surface area contributed by atoms with Gasteiger partial charge in [0.2, 0.25) is 0 Å². The fraction of sp³-hybridized carbons (Fsp3) is 0.118. The van der Waals surface area contributed by atoms with Gasteiger partial charge in [0.1, 0.15) is 5.82 Å². The molecule has 106 valence electrons. The highest BCUT2D eigenvalue weighted by atomic mass is 19.1. The molecule has 0 bridgehead atoms. The fourth-order valence-electron chi connectivity index (χ4n) is 2.37. The van der Waals surface area contributed by atoms with Crippen LogP contribution in [0.4, 0.5) is 10.1 Å². The smallest absolute Gasteiger partial charge is 0.255 e. The fourth-order valence-corrected chi connectivity index (χ4v) is 2.37. The van der Waals surface area contributed by atoms with Crippen LogP contribution in [0, 0.1) is 5.82 Å². The Kier molecular flexibility index (Phi) is 3.44. The number of aromatic nitrogens is 1. The summed E-state index contributed by atoms with van der Waals surface area (Å²) in [4.78, 5) is 12.1. The van der Waals surface area contributed by atoms with Gasteiger partial charge >= 0.3 is 0 Å². The Balaban J connectivity index is 1.89. The van der Waals surface area contributed by atoms with Crippen LogP contribution in [0.25, 0.3) is 10.9 Å². The van der Waals surface area contributed by atoms with Crippen molar-refractivity contribution in [1.82, 2.24) is 4.57 Å². The van der Waals surface area contributed by atoms with Crippen molar-refractivity contribution in [2.45, 2.75) is 13.5 Å². The molecule has 0 fully saturated rings. The molecule has 3 rings (SSSR count). The highest BCUT2D eigenvalue weighted by Crippen LogP contribution is 2.21. The molecule has 0 saturated carbocycles. The number of rotatable bonds is 3. The van der Waals surface area contributed by atoms with E-state index in [1.54, 1.807) is 6.07 Å². The standard InChI is InChI=1S/C17H15FN2O/c1-2-20-9-8-12-6-7-15(11-16(12)20)19-17(21)13-4-3-5-14(18)10-13/h3-11H,2H2,1H3,(H,19,21). The van der Waals surface area contributed by atoms with E-state index in [2.05, 4.69) is 16.8 Å². The first-order chi connectivity index (χ1) is 10.2. The van der Waals surface area contributed by atoms with Crippen LogP contribution in [0.3, 0.4) is 0 Å². The van der Waals surface area contributed by atoms with E-state index in [1.165, 1.54) is 18.2 Å². The van der Waals surface area contributed by atoms with Crippen LogP contribution in [0.2, 0.25) is 0 Å². The highest BCUT2D eigenvalue weighted by Gasteiger charge is 2.08. The van der Waals surface area contributed by atoms with Gasteiger partial charge in [-0.05, 0) is 48.7 Å². The van der Waals surface area contributed by atoms with Gasteiger partial charge in [0.15, 0.2) is 0 Å². The molecule has 0 aliphatic heterocycles. The quantitative estimate of drug-likeness (QED) is 0.772. The molecular formula is C17H15FN2O. The third-order valence-electron chi connectivity index (χ3n) is 3.46. The molecule has 1 aromatic heterocycles. The van der Waals surface area contributed by atoms with Gasteiger partial charge in [0.05, 0.1) is 5.52 Å². The molecule has 1 N–H and O–H groups in total. The van der Waals surface area contributed by atoms with Crippen LogP contribution >= 0.6 is 0 Å². The second kappa shape index (κ2) is 5.40. The Bertz CT molecular complexity index is 807. The molecule has 0 radical (unpaired) electrons. The molecular weight excluding hydrogens is 267 g/mol. The number of benzene rings is 2. The van der Waals surface area contributed by atoms with E-state index < -0.39 is 5.82 Å². The van der Waals surface area contributed by atoms with E-state index in [9.17, 15) is 9.18 Å². The summed E-state index contributed by atoms with van der Waals surface area (Å²) >= 11 is 0. The summed E-state index contributed by atoms with van der Waals surface area (Å²) in [5.41, 5.74) is 2.07. The van der Waals surface area contributed by atoms with Crippen molar-refractivity contribution in [2.75, 3.05) is 5.32 Å². The maximum absolute atomic E-state index is 13.1. The average Bonchev–Trinajstić information content (AvgIpc) is 2.89. The van der Waals surface area contributed by atoms with E-state index in [0.29, 0.717) is 11.3 Å². The van der Waals surface area contributed by atoms with Crippen molar-refractivity contribution in [2.24, 2.45) is 0 Å². The lowest BCUT2D eigenvalue weighted by Crippen LogP contribution is -2.12.